The van der Waals surface area contributed by atoms with E-state index in [4.69, 9.17) is 9.47 Å². The number of hydrogen-bond donors (Lipinski definition) is 0. The lowest BCUT2D eigenvalue weighted by molar-refractivity contribution is -0.131. The van der Waals surface area contributed by atoms with Crippen LogP contribution in [0.15, 0.2) is 24.3 Å². The van der Waals surface area contributed by atoms with Crippen LogP contribution in [0.3, 0.4) is 0 Å². The number of likely N-dealkylation sites (tertiary alicyclic amines) is 1. The second-order valence-electron chi connectivity index (χ2n) is 5.82. The average Bonchev–Trinajstić information content (AvgIpc) is 2.52. The van der Waals surface area contributed by atoms with Crippen molar-refractivity contribution in [3.8, 4) is 11.5 Å². The fourth-order valence-electron chi connectivity index (χ4n) is 3.07. The van der Waals surface area contributed by atoms with Gasteiger partial charge in [-0.3, -0.25) is 4.79 Å². The van der Waals surface area contributed by atoms with E-state index in [0.29, 0.717) is 23.6 Å². The van der Waals surface area contributed by atoms with E-state index >= 15 is 0 Å². The van der Waals surface area contributed by atoms with Gasteiger partial charge >= 0.3 is 0 Å². The van der Waals surface area contributed by atoms with E-state index in [-0.39, 0.29) is 5.91 Å². The zero-order chi connectivity index (χ0) is 16.1. The third-order valence-corrected chi connectivity index (χ3v) is 4.27. The molecule has 0 radical (unpaired) electrons. The number of benzene rings is 1. The molecule has 1 saturated heterocycles. The van der Waals surface area contributed by atoms with Gasteiger partial charge in [0.1, 0.15) is 0 Å². The minimum atomic E-state index is 0.0782. The Bertz CT molecular complexity index is 543. The SMILES string of the molecule is COc1ccc(/C=C/C(=O)N2[C@H](C)CCC[C@@H]2C)cc1OC. The number of piperidine rings is 1. The van der Waals surface area contributed by atoms with Crippen molar-refractivity contribution in [2.24, 2.45) is 0 Å². The molecule has 0 N–H and O–H groups in total. The molecule has 2 atom stereocenters. The van der Waals surface area contributed by atoms with Crippen molar-refractivity contribution in [3.05, 3.63) is 29.8 Å². The van der Waals surface area contributed by atoms with Gasteiger partial charge < -0.3 is 14.4 Å². The molecule has 120 valence electrons. The second kappa shape index (κ2) is 7.34. The maximum absolute atomic E-state index is 12.5. The summed E-state index contributed by atoms with van der Waals surface area (Å²) in [5.74, 6) is 1.43. The van der Waals surface area contributed by atoms with E-state index in [0.717, 1.165) is 18.4 Å². The Morgan fingerprint density at radius 3 is 2.36 bits per heavy atom. The Labute approximate surface area is 132 Å². The number of carbonyl (C=O) groups excluding carboxylic acids is 1. The average molecular weight is 303 g/mol. The van der Waals surface area contributed by atoms with Gasteiger partial charge in [0.05, 0.1) is 14.2 Å². The van der Waals surface area contributed by atoms with Crippen LogP contribution in [0.25, 0.3) is 6.08 Å². The van der Waals surface area contributed by atoms with Crippen LogP contribution in [-0.4, -0.2) is 37.1 Å². The summed E-state index contributed by atoms with van der Waals surface area (Å²) >= 11 is 0. The summed E-state index contributed by atoms with van der Waals surface area (Å²) in [6, 6.07) is 6.24. The molecule has 1 aromatic carbocycles. The molecule has 1 aliphatic heterocycles. The zero-order valence-electron chi connectivity index (χ0n) is 13.8. The minimum absolute atomic E-state index is 0.0782. The van der Waals surface area contributed by atoms with Gasteiger partial charge in [-0.2, -0.15) is 0 Å². The van der Waals surface area contributed by atoms with E-state index < -0.39 is 0 Å². The predicted octanol–water partition coefficient (Wildman–Crippen LogP) is 3.51. The summed E-state index contributed by atoms with van der Waals surface area (Å²) in [5, 5.41) is 0. The second-order valence-corrected chi connectivity index (χ2v) is 5.82. The summed E-state index contributed by atoms with van der Waals surface area (Å²) in [5.41, 5.74) is 0.920. The van der Waals surface area contributed by atoms with Gasteiger partial charge in [-0.1, -0.05) is 6.07 Å². The van der Waals surface area contributed by atoms with Crippen LogP contribution in [0.1, 0.15) is 38.7 Å². The molecular formula is C18H25NO3. The number of methoxy groups -OCH3 is 2. The molecule has 4 heteroatoms. The van der Waals surface area contributed by atoms with Crippen molar-refractivity contribution in [3.63, 3.8) is 0 Å². The van der Waals surface area contributed by atoms with E-state index in [2.05, 4.69) is 13.8 Å². The normalized spacial score (nSPS) is 21.9. The van der Waals surface area contributed by atoms with Gasteiger partial charge in [-0.15, -0.1) is 0 Å². The van der Waals surface area contributed by atoms with E-state index in [1.54, 1.807) is 20.3 Å². The lowest BCUT2D eigenvalue weighted by atomic mass is 9.97. The molecule has 0 saturated carbocycles. The molecule has 1 heterocycles. The molecule has 4 nitrogen and oxygen atoms in total. The number of rotatable bonds is 4. The topological polar surface area (TPSA) is 38.8 Å². The first-order chi connectivity index (χ1) is 10.6. The number of carbonyl (C=O) groups is 1. The number of amides is 1. The fourth-order valence-corrected chi connectivity index (χ4v) is 3.07. The largest absolute Gasteiger partial charge is 0.493 e. The van der Waals surface area contributed by atoms with Crippen LogP contribution < -0.4 is 9.47 Å². The molecule has 0 unspecified atom stereocenters. The first-order valence-corrected chi connectivity index (χ1v) is 7.79. The summed E-state index contributed by atoms with van der Waals surface area (Å²) in [4.78, 5) is 14.4. The van der Waals surface area contributed by atoms with Crippen LogP contribution in [0.5, 0.6) is 11.5 Å². The Morgan fingerprint density at radius 1 is 1.14 bits per heavy atom. The van der Waals surface area contributed by atoms with Crippen molar-refractivity contribution in [2.75, 3.05) is 14.2 Å². The molecular weight excluding hydrogens is 278 g/mol. The number of nitrogens with zero attached hydrogens (tertiary/aromatic N) is 1. The molecule has 1 amide bonds. The van der Waals surface area contributed by atoms with Crippen molar-refractivity contribution < 1.29 is 14.3 Å². The minimum Gasteiger partial charge on any atom is -0.493 e. The Hall–Kier alpha value is -1.97. The molecule has 0 aromatic heterocycles. The Balaban J connectivity index is 2.12. The van der Waals surface area contributed by atoms with Crippen molar-refractivity contribution in [1.82, 2.24) is 4.90 Å². The van der Waals surface area contributed by atoms with Crippen LogP contribution in [0, 0.1) is 0 Å². The zero-order valence-corrected chi connectivity index (χ0v) is 13.8. The van der Waals surface area contributed by atoms with Crippen molar-refractivity contribution in [1.29, 1.82) is 0 Å². The highest BCUT2D eigenvalue weighted by Gasteiger charge is 2.27. The van der Waals surface area contributed by atoms with Crippen molar-refractivity contribution in [2.45, 2.75) is 45.2 Å². The summed E-state index contributed by atoms with van der Waals surface area (Å²) < 4.78 is 10.5. The molecule has 0 bridgehead atoms. The smallest absolute Gasteiger partial charge is 0.247 e. The third kappa shape index (κ3) is 3.62. The molecule has 22 heavy (non-hydrogen) atoms. The maximum atomic E-state index is 12.5. The molecule has 2 rings (SSSR count). The monoisotopic (exact) mass is 303 g/mol. The van der Waals surface area contributed by atoms with E-state index in [9.17, 15) is 4.79 Å². The highest BCUT2D eigenvalue weighted by atomic mass is 16.5. The molecule has 0 spiro atoms. The Kier molecular flexibility index (Phi) is 5.47. The van der Waals surface area contributed by atoms with Gasteiger partial charge in [0.15, 0.2) is 11.5 Å². The standard InChI is InChI=1S/C18H25NO3/c1-13-6-5-7-14(2)19(13)18(20)11-9-15-8-10-16(21-3)17(12-15)22-4/h8-14H,5-7H2,1-4H3/b11-9+/t13-,14+. The fraction of sp³-hybridized carbons (Fsp3) is 0.500. The lowest BCUT2D eigenvalue weighted by Gasteiger charge is -2.38. The van der Waals surface area contributed by atoms with Crippen molar-refractivity contribution >= 4 is 12.0 Å². The van der Waals surface area contributed by atoms with Gasteiger partial charge in [0.2, 0.25) is 5.91 Å². The molecule has 1 aromatic rings. The van der Waals surface area contributed by atoms with Gasteiger partial charge in [-0.05, 0) is 56.9 Å². The highest BCUT2D eigenvalue weighted by molar-refractivity contribution is 5.92. The molecule has 1 fully saturated rings. The van der Waals surface area contributed by atoms with Crippen LogP contribution in [-0.2, 0) is 4.79 Å². The van der Waals surface area contributed by atoms with E-state index in [1.807, 2.05) is 29.2 Å². The summed E-state index contributed by atoms with van der Waals surface area (Å²) in [6.45, 7) is 4.25. The summed E-state index contributed by atoms with van der Waals surface area (Å²) in [6.07, 6.45) is 6.85. The van der Waals surface area contributed by atoms with Crippen LogP contribution in [0.4, 0.5) is 0 Å². The van der Waals surface area contributed by atoms with Crippen LogP contribution >= 0.6 is 0 Å². The lowest BCUT2D eigenvalue weighted by Crippen LogP contribution is -2.46. The first-order valence-electron chi connectivity index (χ1n) is 7.79. The third-order valence-electron chi connectivity index (χ3n) is 4.27. The number of ether oxygens (including phenoxy) is 2. The van der Waals surface area contributed by atoms with Crippen LogP contribution in [0.2, 0.25) is 0 Å². The maximum Gasteiger partial charge on any atom is 0.247 e. The predicted molar refractivity (Wildman–Crippen MR) is 88.2 cm³/mol. The van der Waals surface area contributed by atoms with Gasteiger partial charge in [0.25, 0.3) is 0 Å². The van der Waals surface area contributed by atoms with E-state index in [1.165, 1.54) is 6.42 Å². The first kappa shape index (κ1) is 16.4. The quantitative estimate of drug-likeness (QED) is 0.799. The Morgan fingerprint density at radius 2 is 1.77 bits per heavy atom. The highest BCUT2D eigenvalue weighted by Crippen LogP contribution is 2.28. The molecule has 0 aliphatic carbocycles. The summed E-state index contributed by atoms with van der Waals surface area (Å²) in [7, 11) is 3.21. The van der Waals surface area contributed by atoms with Gasteiger partial charge in [0, 0.05) is 18.2 Å². The van der Waals surface area contributed by atoms with Gasteiger partial charge in [-0.25, -0.2) is 0 Å². The number of hydrogen-bond acceptors (Lipinski definition) is 3. The molecule has 1 aliphatic rings.